The van der Waals surface area contributed by atoms with Crippen molar-refractivity contribution in [3.05, 3.63) is 58.4 Å². The number of aromatic amines is 3. The van der Waals surface area contributed by atoms with E-state index in [1.807, 2.05) is 37.4 Å². The summed E-state index contributed by atoms with van der Waals surface area (Å²) in [7, 11) is 0. The Balaban J connectivity index is 1.68. The van der Waals surface area contributed by atoms with E-state index in [2.05, 4.69) is 25.5 Å². The average Bonchev–Trinajstić information content (AvgIpc) is 3.06. The minimum atomic E-state index is -0.128. The topological polar surface area (TPSA) is 89.4 Å². The number of hydrogen-bond acceptors (Lipinski definition) is 3. The second kappa shape index (κ2) is 5.08. The van der Waals surface area contributed by atoms with Crippen LogP contribution in [0.3, 0.4) is 0 Å². The van der Waals surface area contributed by atoms with Crippen LogP contribution in [0.4, 0.5) is 5.69 Å². The number of aryl methyl sites for hydroxylation is 1. The Bertz CT molecular complexity index is 750. The van der Waals surface area contributed by atoms with E-state index in [4.69, 9.17) is 0 Å². The first-order valence-electron chi connectivity index (χ1n) is 6.33. The van der Waals surface area contributed by atoms with Crippen LogP contribution >= 0.6 is 0 Å². The zero-order chi connectivity index (χ0) is 13.9. The molecule has 0 aliphatic carbocycles. The highest BCUT2D eigenvalue weighted by Gasteiger charge is 2.01. The number of anilines is 1. The lowest BCUT2D eigenvalue weighted by atomic mass is 10.1. The molecule has 0 aliphatic rings. The lowest BCUT2D eigenvalue weighted by molar-refractivity contribution is 1.05. The Kier molecular flexibility index (Phi) is 3.12. The molecule has 6 heteroatoms. The van der Waals surface area contributed by atoms with Crippen molar-refractivity contribution >= 4 is 5.69 Å². The summed E-state index contributed by atoms with van der Waals surface area (Å²) in [6.07, 6.45) is 1.82. The number of nitrogens with zero attached hydrogens (tertiary/aromatic N) is 1. The summed E-state index contributed by atoms with van der Waals surface area (Å²) in [6.45, 7) is 2.62. The summed E-state index contributed by atoms with van der Waals surface area (Å²) in [6, 6.07) is 9.41. The molecule has 6 nitrogen and oxygen atoms in total. The number of nitrogens with one attached hydrogen (secondary N) is 4. The quantitative estimate of drug-likeness (QED) is 0.584. The van der Waals surface area contributed by atoms with E-state index >= 15 is 0 Å². The van der Waals surface area contributed by atoms with Crippen LogP contribution in [0.25, 0.3) is 11.3 Å². The van der Waals surface area contributed by atoms with Crippen molar-refractivity contribution in [1.82, 2.24) is 20.2 Å². The van der Waals surface area contributed by atoms with Crippen molar-refractivity contribution in [3.63, 3.8) is 0 Å². The van der Waals surface area contributed by atoms with Crippen LogP contribution in [0.15, 0.2) is 41.3 Å². The maximum absolute atomic E-state index is 11.1. The van der Waals surface area contributed by atoms with Gasteiger partial charge in [0.15, 0.2) is 0 Å². The molecular formula is C14H15N5O. The minimum absolute atomic E-state index is 0.128. The molecule has 0 radical (unpaired) electrons. The van der Waals surface area contributed by atoms with Gasteiger partial charge in [0.1, 0.15) is 5.82 Å². The minimum Gasteiger partial charge on any atom is -0.379 e. The van der Waals surface area contributed by atoms with Crippen molar-refractivity contribution in [2.45, 2.75) is 13.5 Å². The maximum Gasteiger partial charge on any atom is 0.264 e. The first-order chi connectivity index (χ1) is 9.70. The summed E-state index contributed by atoms with van der Waals surface area (Å²) < 4.78 is 0. The van der Waals surface area contributed by atoms with Crippen molar-refractivity contribution in [2.75, 3.05) is 5.32 Å². The predicted octanol–water partition coefficient (Wildman–Crippen LogP) is 2.01. The SMILES string of the molecule is Cc1ncc(CNc2ccc(-c3cc(=O)[nH][nH]3)cc2)[nH]1. The molecule has 0 amide bonds. The molecule has 0 aliphatic heterocycles. The van der Waals surface area contributed by atoms with Crippen molar-refractivity contribution < 1.29 is 0 Å². The van der Waals surface area contributed by atoms with Gasteiger partial charge in [-0.15, -0.1) is 0 Å². The smallest absolute Gasteiger partial charge is 0.264 e. The third kappa shape index (κ3) is 2.64. The largest absolute Gasteiger partial charge is 0.379 e. The first-order valence-corrected chi connectivity index (χ1v) is 6.33. The molecule has 0 atom stereocenters. The number of rotatable bonds is 4. The highest BCUT2D eigenvalue weighted by Crippen LogP contribution is 2.18. The predicted molar refractivity (Wildman–Crippen MR) is 77.5 cm³/mol. The number of hydrogen-bond donors (Lipinski definition) is 4. The first kappa shape index (κ1) is 12.3. The molecule has 1 aromatic carbocycles. The monoisotopic (exact) mass is 269 g/mol. The van der Waals surface area contributed by atoms with Crippen LogP contribution in [0.5, 0.6) is 0 Å². The number of aromatic nitrogens is 4. The Morgan fingerprint density at radius 3 is 2.60 bits per heavy atom. The van der Waals surface area contributed by atoms with E-state index in [1.54, 1.807) is 0 Å². The van der Waals surface area contributed by atoms with Gasteiger partial charge in [0.05, 0.1) is 24.1 Å². The van der Waals surface area contributed by atoms with E-state index in [0.29, 0.717) is 6.54 Å². The fourth-order valence-corrected chi connectivity index (χ4v) is 2.01. The van der Waals surface area contributed by atoms with Gasteiger partial charge in [-0.05, 0) is 24.6 Å². The highest BCUT2D eigenvalue weighted by molar-refractivity contribution is 5.62. The molecule has 0 saturated carbocycles. The summed E-state index contributed by atoms with van der Waals surface area (Å²) >= 11 is 0. The zero-order valence-electron chi connectivity index (χ0n) is 11.0. The second-order valence-corrected chi connectivity index (χ2v) is 4.60. The van der Waals surface area contributed by atoms with Gasteiger partial charge in [-0.1, -0.05) is 12.1 Å². The molecule has 102 valence electrons. The molecule has 0 saturated heterocycles. The van der Waals surface area contributed by atoms with Crippen LogP contribution in [0, 0.1) is 6.92 Å². The van der Waals surface area contributed by atoms with Crippen molar-refractivity contribution in [1.29, 1.82) is 0 Å². The van der Waals surface area contributed by atoms with E-state index < -0.39 is 0 Å². The molecule has 20 heavy (non-hydrogen) atoms. The van der Waals surface area contributed by atoms with Crippen LogP contribution in [0.2, 0.25) is 0 Å². The molecule has 3 rings (SSSR count). The maximum atomic E-state index is 11.1. The van der Waals surface area contributed by atoms with E-state index in [9.17, 15) is 4.79 Å². The van der Waals surface area contributed by atoms with Gasteiger partial charge < -0.3 is 10.3 Å². The normalized spacial score (nSPS) is 10.7. The van der Waals surface area contributed by atoms with Gasteiger partial charge in [0.25, 0.3) is 5.56 Å². The van der Waals surface area contributed by atoms with Gasteiger partial charge in [0.2, 0.25) is 0 Å². The van der Waals surface area contributed by atoms with Crippen LogP contribution in [-0.2, 0) is 6.54 Å². The molecule has 0 bridgehead atoms. The second-order valence-electron chi connectivity index (χ2n) is 4.60. The lowest BCUT2D eigenvalue weighted by Gasteiger charge is -2.05. The van der Waals surface area contributed by atoms with Crippen LogP contribution in [0.1, 0.15) is 11.5 Å². The standard InChI is InChI=1S/C14H15N5O/c1-9-15-7-12(17-9)8-16-11-4-2-10(3-5-11)13-6-14(20)19-18-13/h2-7,16H,8H2,1H3,(H,15,17)(H2,18,19,20). The Morgan fingerprint density at radius 1 is 1.20 bits per heavy atom. The Hall–Kier alpha value is -2.76. The molecule has 0 unspecified atom stereocenters. The summed E-state index contributed by atoms with van der Waals surface area (Å²) in [5.74, 6) is 0.911. The number of imidazole rings is 1. The fourth-order valence-electron chi connectivity index (χ4n) is 2.01. The van der Waals surface area contributed by atoms with Gasteiger partial charge >= 0.3 is 0 Å². The summed E-state index contributed by atoms with van der Waals surface area (Å²) in [4.78, 5) is 18.4. The zero-order valence-corrected chi connectivity index (χ0v) is 11.0. The molecule has 2 aromatic heterocycles. The van der Waals surface area contributed by atoms with E-state index in [0.717, 1.165) is 28.5 Å². The van der Waals surface area contributed by atoms with E-state index in [-0.39, 0.29) is 5.56 Å². The average molecular weight is 269 g/mol. The summed E-state index contributed by atoms with van der Waals surface area (Å²) in [5, 5.41) is 8.66. The fraction of sp³-hybridized carbons (Fsp3) is 0.143. The van der Waals surface area contributed by atoms with Crippen LogP contribution in [-0.4, -0.2) is 20.2 Å². The molecule has 0 spiro atoms. The van der Waals surface area contributed by atoms with Gasteiger partial charge in [-0.25, -0.2) is 4.98 Å². The van der Waals surface area contributed by atoms with Crippen molar-refractivity contribution in [2.24, 2.45) is 0 Å². The lowest BCUT2D eigenvalue weighted by Crippen LogP contribution is -1.99. The Morgan fingerprint density at radius 2 is 2.00 bits per heavy atom. The van der Waals surface area contributed by atoms with Gasteiger partial charge in [-0.3, -0.25) is 15.0 Å². The molecule has 2 heterocycles. The van der Waals surface area contributed by atoms with Crippen LogP contribution < -0.4 is 10.9 Å². The molecule has 3 aromatic rings. The third-order valence-corrected chi connectivity index (χ3v) is 3.03. The molecule has 0 fully saturated rings. The highest BCUT2D eigenvalue weighted by atomic mass is 16.1. The summed E-state index contributed by atoms with van der Waals surface area (Å²) in [5.41, 5.74) is 3.68. The third-order valence-electron chi connectivity index (χ3n) is 3.03. The molecular weight excluding hydrogens is 254 g/mol. The van der Waals surface area contributed by atoms with Gasteiger partial charge in [-0.2, -0.15) is 0 Å². The number of benzene rings is 1. The van der Waals surface area contributed by atoms with Crippen molar-refractivity contribution in [3.8, 4) is 11.3 Å². The van der Waals surface area contributed by atoms with Gasteiger partial charge in [0, 0.05) is 11.8 Å². The van der Waals surface area contributed by atoms with E-state index in [1.165, 1.54) is 6.07 Å². The molecule has 4 N–H and O–H groups in total. The Labute approximate surface area is 115 Å². The number of H-pyrrole nitrogens is 3.